The highest BCUT2D eigenvalue weighted by atomic mass is 16.1. The number of hydrogen-bond acceptors (Lipinski definition) is 1. The first-order valence-electron chi connectivity index (χ1n) is 4.04. The van der Waals surface area contributed by atoms with Crippen LogP contribution in [0.15, 0.2) is 36.9 Å². The van der Waals surface area contributed by atoms with E-state index in [4.69, 9.17) is 0 Å². The number of benzene rings is 1. The quantitative estimate of drug-likeness (QED) is 0.482. The van der Waals surface area contributed by atoms with E-state index in [2.05, 4.69) is 6.58 Å². The molecule has 0 bridgehead atoms. The van der Waals surface area contributed by atoms with Crippen LogP contribution in [0.1, 0.15) is 19.4 Å². The Morgan fingerprint density at radius 2 is 1.75 bits per heavy atom. The van der Waals surface area contributed by atoms with E-state index < -0.39 is 0 Å². The third-order valence-electron chi connectivity index (χ3n) is 1.29. The Morgan fingerprint density at radius 1 is 1.25 bits per heavy atom. The standard InChI is InChI=1S/C9H8O.C2H6/c1-8(7-10)9-5-3-2-4-6-9;1-2/h2-7H,1H2;1-2H3. The van der Waals surface area contributed by atoms with Gasteiger partial charge in [0.05, 0.1) is 0 Å². The monoisotopic (exact) mass is 162 g/mol. The van der Waals surface area contributed by atoms with E-state index in [9.17, 15) is 4.79 Å². The van der Waals surface area contributed by atoms with Gasteiger partial charge in [-0.3, -0.25) is 4.79 Å². The van der Waals surface area contributed by atoms with E-state index in [1.165, 1.54) is 0 Å². The van der Waals surface area contributed by atoms with Crippen molar-refractivity contribution in [1.29, 1.82) is 0 Å². The molecule has 1 aromatic rings. The number of allylic oxidation sites excluding steroid dienone is 1. The summed E-state index contributed by atoms with van der Waals surface area (Å²) in [6.45, 7) is 7.58. The Balaban J connectivity index is 0.000000561. The van der Waals surface area contributed by atoms with Gasteiger partial charge in [-0.15, -0.1) is 0 Å². The molecule has 1 rings (SSSR count). The molecule has 0 aliphatic carbocycles. The van der Waals surface area contributed by atoms with Gasteiger partial charge in [0, 0.05) is 5.57 Å². The fourth-order valence-electron chi connectivity index (χ4n) is 0.720. The molecule has 0 atom stereocenters. The molecule has 64 valence electrons. The van der Waals surface area contributed by atoms with Crippen LogP contribution in [0, 0.1) is 0 Å². The Labute approximate surface area is 73.7 Å². The molecule has 1 nitrogen and oxygen atoms in total. The second-order valence-electron chi connectivity index (χ2n) is 2.01. The van der Waals surface area contributed by atoms with Crippen LogP contribution in [-0.2, 0) is 4.79 Å². The van der Waals surface area contributed by atoms with Gasteiger partial charge in [0.25, 0.3) is 0 Å². The average molecular weight is 162 g/mol. The Hall–Kier alpha value is -1.37. The molecule has 0 spiro atoms. The van der Waals surface area contributed by atoms with Gasteiger partial charge in [-0.2, -0.15) is 0 Å². The van der Waals surface area contributed by atoms with Crippen LogP contribution >= 0.6 is 0 Å². The minimum absolute atomic E-state index is 0.528. The first-order chi connectivity index (χ1) is 5.84. The van der Waals surface area contributed by atoms with Crippen molar-refractivity contribution in [2.24, 2.45) is 0 Å². The molecule has 0 fully saturated rings. The van der Waals surface area contributed by atoms with Crippen LogP contribution in [-0.4, -0.2) is 6.29 Å². The zero-order valence-corrected chi connectivity index (χ0v) is 7.58. The molecule has 0 unspecified atom stereocenters. The molecule has 12 heavy (non-hydrogen) atoms. The van der Waals surface area contributed by atoms with Crippen LogP contribution in [0.5, 0.6) is 0 Å². The first-order valence-corrected chi connectivity index (χ1v) is 4.04. The summed E-state index contributed by atoms with van der Waals surface area (Å²) < 4.78 is 0. The molecule has 0 aliphatic heterocycles. The van der Waals surface area contributed by atoms with Crippen LogP contribution in [0.25, 0.3) is 5.57 Å². The minimum atomic E-state index is 0.528. The second-order valence-corrected chi connectivity index (χ2v) is 2.01. The molecule has 0 aromatic heterocycles. The summed E-state index contributed by atoms with van der Waals surface area (Å²) in [5, 5.41) is 0. The van der Waals surface area contributed by atoms with Crippen molar-refractivity contribution in [3.63, 3.8) is 0 Å². The molecule has 0 radical (unpaired) electrons. The lowest BCUT2D eigenvalue weighted by molar-refractivity contribution is -0.103. The lowest BCUT2D eigenvalue weighted by Crippen LogP contribution is -1.80. The third-order valence-corrected chi connectivity index (χ3v) is 1.29. The maximum Gasteiger partial charge on any atom is 0.150 e. The highest BCUT2D eigenvalue weighted by Gasteiger charge is 1.91. The topological polar surface area (TPSA) is 17.1 Å². The third kappa shape index (κ3) is 3.15. The zero-order chi connectivity index (χ0) is 9.40. The smallest absolute Gasteiger partial charge is 0.150 e. The van der Waals surface area contributed by atoms with E-state index in [1.807, 2.05) is 44.2 Å². The number of aldehydes is 1. The van der Waals surface area contributed by atoms with Gasteiger partial charge in [-0.05, 0) is 5.56 Å². The van der Waals surface area contributed by atoms with Crippen LogP contribution in [0.2, 0.25) is 0 Å². The van der Waals surface area contributed by atoms with E-state index >= 15 is 0 Å². The van der Waals surface area contributed by atoms with Crippen LogP contribution in [0.4, 0.5) is 0 Å². The first kappa shape index (κ1) is 10.6. The highest BCUT2D eigenvalue weighted by Crippen LogP contribution is 2.07. The van der Waals surface area contributed by atoms with Crippen LogP contribution < -0.4 is 0 Å². The normalized spacial score (nSPS) is 7.83. The molecule has 0 saturated heterocycles. The van der Waals surface area contributed by atoms with Crippen molar-refractivity contribution < 1.29 is 4.79 Å². The summed E-state index contributed by atoms with van der Waals surface area (Å²) in [5.74, 6) is 0. The Bertz CT molecular complexity index is 236. The van der Waals surface area contributed by atoms with Crippen molar-refractivity contribution in [2.75, 3.05) is 0 Å². The molecule has 0 N–H and O–H groups in total. The van der Waals surface area contributed by atoms with Crippen molar-refractivity contribution in [2.45, 2.75) is 13.8 Å². The Kier molecular flexibility index (Phi) is 5.62. The van der Waals surface area contributed by atoms with Gasteiger partial charge in [0.2, 0.25) is 0 Å². The fraction of sp³-hybridized carbons (Fsp3) is 0.182. The van der Waals surface area contributed by atoms with Gasteiger partial charge in [0.1, 0.15) is 6.29 Å². The van der Waals surface area contributed by atoms with Crippen molar-refractivity contribution in [3.8, 4) is 0 Å². The summed E-state index contributed by atoms with van der Waals surface area (Å²) in [7, 11) is 0. The lowest BCUT2D eigenvalue weighted by Gasteiger charge is -1.93. The average Bonchev–Trinajstić information content (AvgIpc) is 2.21. The second kappa shape index (κ2) is 6.35. The van der Waals surface area contributed by atoms with Gasteiger partial charge in [0.15, 0.2) is 0 Å². The molecule has 0 aliphatic rings. The van der Waals surface area contributed by atoms with Gasteiger partial charge >= 0.3 is 0 Å². The summed E-state index contributed by atoms with van der Waals surface area (Å²) in [5.41, 5.74) is 1.41. The zero-order valence-electron chi connectivity index (χ0n) is 7.58. The lowest BCUT2D eigenvalue weighted by atomic mass is 10.1. The molecular weight excluding hydrogens is 148 g/mol. The number of rotatable bonds is 2. The predicted octanol–water partition coefficient (Wildman–Crippen LogP) is 2.92. The van der Waals surface area contributed by atoms with E-state index in [0.717, 1.165) is 11.8 Å². The largest absolute Gasteiger partial charge is 0.298 e. The molecular formula is C11H14O. The predicted molar refractivity (Wildman–Crippen MR) is 52.9 cm³/mol. The molecule has 0 amide bonds. The highest BCUT2D eigenvalue weighted by molar-refractivity contribution is 6.05. The van der Waals surface area contributed by atoms with Gasteiger partial charge in [-0.1, -0.05) is 50.8 Å². The number of carbonyl (C=O) groups is 1. The van der Waals surface area contributed by atoms with E-state index in [-0.39, 0.29) is 0 Å². The van der Waals surface area contributed by atoms with Gasteiger partial charge in [-0.25, -0.2) is 0 Å². The van der Waals surface area contributed by atoms with Crippen molar-refractivity contribution in [3.05, 3.63) is 42.5 Å². The SMILES string of the molecule is C=C(C=O)c1ccccc1.CC. The number of hydrogen-bond donors (Lipinski definition) is 0. The van der Waals surface area contributed by atoms with Crippen molar-refractivity contribution >= 4 is 11.9 Å². The summed E-state index contributed by atoms with van der Waals surface area (Å²) in [4.78, 5) is 10.2. The van der Waals surface area contributed by atoms with Crippen molar-refractivity contribution in [1.82, 2.24) is 0 Å². The molecule has 1 heteroatoms. The molecule has 0 heterocycles. The summed E-state index contributed by atoms with van der Waals surface area (Å²) in [6, 6.07) is 9.38. The number of carbonyl (C=O) groups excluding carboxylic acids is 1. The van der Waals surface area contributed by atoms with E-state index in [1.54, 1.807) is 0 Å². The Morgan fingerprint density at radius 3 is 2.17 bits per heavy atom. The van der Waals surface area contributed by atoms with E-state index in [0.29, 0.717) is 5.57 Å². The van der Waals surface area contributed by atoms with Gasteiger partial charge < -0.3 is 0 Å². The molecule has 0 saturated carbocycles. The maximum absolute atomic E-state index is 10.2. The maximum atomic E-state index is 10.2. The minimum Gasteiger partial charge on any atom is -0.298 e. The molecule has 1 aromatic carbocycles. The fourth-order valence-corrected chi connectivity index (χ4v) is 0.720. The summed E-state index contributed by atoms with van der Waals surface area (Å²) >= 11 is 0. The van der Waals surface area contributed by atoms with Crippen LogP contribution in [0.3, 0.4) is 0 Å². The summed E-state index contributed by atoms with van der Waals surface area (Å²) in [6.07, 6.45) is 0.759.